The number of quaternary nitrogens is 1. The number of anilines is 1. The molecular formula is C22H34N3O3S+. The Morgan fingerprint density at radius 1 is 1.03 bits per heavy atom. The smallest absolute Gasteiger partial charge is 0.279 e. The molecule has 1 amide bonds. The minimum Gasteiger partial charge on any atom is -0.327 e. The molecule has 1 aromatic carbocycles. The van der Waals surface area contributed by atoms with Crippen LogP contribution in [0.15, 0.2) is 29.2 Å². The summed E-state index contributed by atoms with van der Waals surface area (Å²) in [5, 5.41) is 2.93. The number of amides is 1. The Labute approximate surface area is 174 Å². The number of carbonyl (C=O) groups is 1. The molecule has 0 spiro atoms. The largest absolute Gasteiger partial charge is 0.327 e. The van der Waals surface area contributed by atoms with Gasteiger partial charge in [-0.1, -0.05) is 25.3 Å². The molecule has 0 aromatic heterocycles. The lowest BCUT2D eigenvalue weighted by atomic mass is 9.75. The van der Waals surface area contributed by atoms with Crippen molar-refractivity contribution in [3.63, 3.8) is 0 Å². The first-order valence-electron chi connectivity index (χ1n) is 11.3. The monoisotopic (exact) mass is 420 g/mol. The van der Waals surface area contributed by atoms with E-state index < -0.39 is 10.0 Å². The van der Waals surface area contributed by atoms with Crippen molar-refractivity contribution in [2.75, 3.05) is 38.0 Å². The van der Waals surface area contributed by atoms with Crippen LogP contribution in [-0.4, -0.2) is 51.4 Å². The lowest BCUT2D eigenvalue weighted by molar-refractivity contribution is -0.902. The summed E-state index contributed by atoms with van der Waals surface area (Å²) in [7, 11) is -3.48. The number of nitrogens with one attached hydrogen (secondary N) is 2. The van der Waals surface area contributed by atoms with Crippen LogP contribution in [0.3, 0.4) is 0 Å². The van der Waals surface area contributed by atoms with E-state index in [9.17, 15) is 13.2 Å². The fourth-order valence-electron chi connectivity index (χ4n) is 5.38. The van der Waals surface area contributed by atoms with Crippen molar-refractivity contribution in [2.45, 2.75) is 56.3 Å². The second-order valence-corrected chi connectivity index (χ2v) is 11.0. The summed E-state index contributed by atoms with van der Waals surface area (Å²) in [4.78, 5) is 14.2. The zero-order valence-corrected chi connectivity index (χ0v) is 18.1. The third-order valence-electron chi connectivity index (χ3n) is 6.97. The van der Waals surface area contributed by atoms with Crippen molar-refractivity contribution >= 4 is 21.6 Å². The van der Waals surface area contributed by atoms with Crippen molar-refractivity contribution < 1.29 is 18.1 Å². The number of carbonyl (C=O) groups excluding carboxylic acids is 1. The predicted molar refractivity (Wildman–Crippen MR) is 113 cm³/mol. The van der Waals surface area contributed by atoms with E-state index in [1.54, 1.807) is 28.6 Å². The Kier molecular flexibility index (Phi) is 6.56. The molecule has 29 heavy (non-hydrogen) atoms. The van der Waals surface area contributed by atoms with Gasteiger partial charge in [0.25, 0.3) is 5.91 Å². The number of likely N-dealkylation sites (tertiary alicyclic amines) is 1. The molecule has 2 heterocycles. The molecule has 1 aliphatic carbocycles. The number of rotatable bonds is 5. The number of fused-ring (bicyclic) bond motifs is 1. The number of hydrogen-bond acceptors (Lipinski definition) is 3. The van der Waals surface area contributed by atoms with E-state index in [4.69, 9.17) is 0 Å². The van der Waals surface area contributed by atoms with Gasteiger partial charge in [-0.15, -0.1) is 0 Å². The highest BCUT2D eigenvalue weighted by Crippen LogP contribution is 2.32. The molecule has 0 radical (unpaired) electrons. The van der Waals surface area contributed by atoms with E-state index in [-0.39, 0.29) is 10.8 Å². The van der Waals surface area contributed by atoms with Crippen LogP contribution >= 0.6 is 0 Å². The van der Waals surface area contributed by atoms with Crippen LogP contribution in [-0.2, 0) is 14.8 Å². The minimum atomic E-state index is -3.48. The zero-order valence-electron chi connectivity index (χ0n) is 17.2. The van der Waals surface area contributed by atoms with Gasteiger partial charge < -0.3 is 10.2 Å². The molecule has 4 rings (SSSR count). The van der Waals surface area contributed by atoms with Gasteiger partial charge in [0, 0.05) is 24.7 Å². The van der Waals surface area contributed by atoms with Gasteiger partial charge in [0.1, 0.15) is 0 Å². The van der Waals surface area contributed by atoms with E-state index in [1.165, 1.54) is 37.0 Å². The van der Waals surface area contributed by atoms with E-state index in [2.05, 4.69) is 5.32 Å². The first-order chi connectivity index (χ1) is 14.0. The maximum atomic E-state index is 12.9. The number of benzene rings is 1. The highest BCUT2D eigenvalue weighted by atomic mass is 32.2. The molecule has 1 unspecified atom stereocenters. The first kappa shape index (κ1) is 20.8. The van der Waals surface area contributed by atoms with Gasteiger partial charge in [-0.25, -0.2) is 8.42 Å². The average molecular weight is 421 g/mol. The van der Waals surface area contributed by atoms with Gasteiger partial charge in [0.05, 0.1) is 18.0 Å². The van der Waals surface area contributed by atoms with Gasteiger partial charge in [0.15, 0.2) is 6.54 Å². The fraction of sp³-hybridized carbons (Fsp3) is 0.682. The van der Waals surface area contributed by atoms with Gasteiger partial charge >= 0.3 is 0 Å². The van der Waals surface area contributed by atoms with Crippen molar-refractivity contribution in [1.29, 1.82) is 0 Å². The van der Waals surface area contributed by atoms with Crippen molar-refractivity contribution in [2.24, 2.45) is 11.8 Å². The predicted octanol–water partition coefficient (Wildman–Crippen LogP) is 1.89. The van der Waals surface area contributed by atoms with Crippen molar-refractivity contribution in [1.82, 2.24) is 4.31 Å². The molecule has 3 fully saturated rings. The molecule has 2 N–H and O–H groups in total. The van der Waals surface area contributed by atoms with Gasteiger partial charge in [-0.05, 0) is 56.2 Å². The van der Waals surface area contributed by atoms with E-state index in [1.807, 2.05) is 0 Å². The SMILES string of the molecule is O=C(C[NH+]1CC[C@H]2CCCC[C@@H]2C1)Nc1cccc(S(=O)(=O)N2CCCCC2)c1. The Balaban J connectivity index is 1.36. The third-order valence-corrected chi connectivity index (χ3v) is 8.86. The maximum Gasteiger partial charge on any atom is 0.279 e. The fourth-order valence-corrected chi connectivity index (χ4v) is 6.94. The van der Waals surface area contributed by atoms with Crippen molar-refractivity contribution in [3.8, 4) is 0 Å². The zero-order chi connectivity index (χ0) is 20.3. The molecule has 3 aliphatic rings. The Morgan fingerprint density at radius 2 is 1.79 bits per heavy atom. The van der Waals surface area contributed by atoms with Crippen LogP contribution < -0.4 is 10.2 Å². The molecule has 3 atom stereocenters. The van der Waals surface area contributed by atoms with E-state index >= 15 is 0 Å². The van der Waals surface area contributed by atoms with Crippen LogP contribution in [0, 0.1) is 11.8 Å². The second-order valence-electron chi connectivity index (χ2n) is 9.01. The lowest BCUT2D eigenvalue weighted by Crippen LogP contribution is -3.15. The summed E-state index contributed by atoms with van der Waals surface area (Å²) < 4.78 is 27.3. The van der Waals surface area contributed by atoms with Crippen LogP contribution in [0.2, 0.25) is 0 Å². The molecule has 160 valence electrons. The van der Waals surface area contributed by atoms with Crippen LogP contribution in [0.4, 0.5) is 5.69 Å². The standard InChI is InChI=1S/C22H33N3O3S/c26-22(17-24-14-11-18-7-2-3-8-19(18)16-24)23-20-9-6-10-21(15-20)29(27,28)25-12-4-1-5-13-25/h6,9-10,15,18-19H,1-5,7-8,11-14,16-17H2,(H,23,26)/p+1/t18-,19-/m1/s1. The molecule has 7 heteroatoms. The maximum absolute atomic E-state index is 12.9. The normalized spacial score (nSPS) is 28.5. The highest BCUT2D eigenvalue weighted by molar-refractivity contribution is 7.89. The van der Waals surface area contributed by atoms with Crippen LogP contribution in [0.1, 0.15) is 51.4 Å². The van der Waals surface area contributed by atoms with Gasteiger partial charge in [0.2, 0.25) is 10.0 Å². The summed E-state index contributed by atoms with van der Waals surface area (Å²) in [5.74, 6) is 1.62. The molecule has 1 saturated carbocycles. The van der Waals surface area contributed by atoms with Crippen LogP contribution in [0.25, 0.3) is 0 Å². The molecule has 0 bridgehead atoms. The molecule has 2 aliphatic heterocycles. The Morgan fingerprint density at radius 3 is 2.59 bits per heavy atom. The van der Waals surface area contributed by atoms with E-state index in [0.717, 1.165) is 44.2 Å². The number of nitrogens with zero attached hydrogens (tertiary/aromatic N) is 1. The molecule has 2 saturated heterocycles. The Hall–Kier alpha value is -1.44. The summed E-state index contributed by atoms with van der Waals surface area (Å²) in [6.45, 7) is 3.80. The lowest BCUT2D eigenvalue weighted by Gasteiger charge is -2.38. The van der Waals surface area contributed by atoms with Gasteiger partial charge in [-0.2, -0.15) is 4.31 Å². The second kappa shape index (κ2) is 9.14. The summed E-state index contributed by atoms with van der Waals surface area (Å²) >= 11 is 0. The topological polar surface area (TPSA) is 70.9 Å². The quantitative estimate of drug-likeness (QED) is 0.764. The summed E-state index contributed by atoms with van der Waals surface area (Å²) in [6.07, 6.45) is 9.52. The van der Waals surface area contributed by atoms with Gasteiger partial charge in [-0.3, -0.25) is 4.79 Å². The minimum absolute atomic E-state index is 0.0261. The summed E-state index contributed by atoms with van der Waals surface area (Å²) in [5.41, 5.74) is 0.569. The average Bonchev–Trinajstić information content (AvgIpc) is 2.74. The molecule has 6 nitrogen and oxygen atoms in total. The Bertz CT molecular complexity index is 820. The highest BCUT2D eigenvalue weighted by Gasteiger charge is 2.34. The number of hydrogen-bond donors (Lipinski definition) is 2. The number of sulfonamides is 1. The number of piperidine rings is 2. The summed E-state index contributed by atoms with van der Waals surface area (Å²) in [6, 6.07) is 6.71. The molecular weight excluding hydrogens is 386 g/mol. The van der Waals surface area contributed by atoms with E-state index in [0.29, 0.717) is 25.3 Å². The van der Waals surface area contributed by atoms with Crippen molar-refractivity contribution in [3.05, 3.63) is 24.3 Å². The first-order valence-corrected chi connectivity index (χ1v) is 12.7. The van der Waals surface area contributed by atoms with Crippen LogP contribution in [0.5, 0.6) is 0 Å². The third kappa shape index (κ3) is 5.01. The molecule has 1 aromatic rings.